The van der Waals surface area contributed by atoms with E-state index < -0.39 is 5.82 Å². The number of aromatic nitrogens is 3. The maximum atomic E-state index is 13.0. The van der Waals surface area contributed by atoms with E-state index in [0.29, 0.717) is 24.1 Å². The summed E-state index contributed by atoms with van der Waals surface area (Å²) in [5.74, 6) is -0.762. The molecule has 0 spiro atoms. The summed E-state index contributed by atoms with van der Waals surface area (Å²) in [6.45, 7) is 7.81. The molecule has 35 heavy (non-hydrogen) atoms. The minimum Gasteiger partial charge on any atom is -0.350 e. The Kier molecular flexibility index (Phi) is 6.91. The Morgan fingerprint density at radius 3 is 2.40 bits per heavy atom. The fourth-order valence-electron chi connectivity index (χ4n) is 4.10. The normalized spacial score (nSPS) is 11.9. The minimum atomic E-state index is -0.391. The van der Waals surface area contributed by atoms with Gasteiger partial charge in [-0.05, 0) is 81.6 Å². The number of anilines is 1. The molecule has 180 valence electrons. The summed E-state index contributed by atoms with van der Waals surface area (Å²) in [4.78, 5) is 29.6. The summed E-state index contributed by atoms with van der Waals surface area (Å²) < 4.78 is 14.9. The smallest absolute Gasteiger partial charge is 0.255 e. The molecule has 0 aliphatic heterocycles. The Labute approximate surface area is 203 Å². The highest BCUT2D eigenvalue weighted by molar-refractivity contribution is 6.04. The van der Waals surface area contributed by atoms with Crippen molar-refractivity contribution >= 4 is 23.1 Å². The molecule has 2 aromatic carbocycles. The van der Waals surface area contributed by atoms with Gasteiger partial charge in [-0.15, -0.1) is 0 Å². The number of amides is 2. The van der Waals surface area contributed by atoms with Crippen molar-refractivity contribution in [3.63, 3.8) is 0 Å². The molecule has 0 saturated heterocycles. The second kappa shape index (κ2) is 10.0. The summed E-state index contributed by atoms with van der Waals surface area (Å²) >= 11 is 0. The van der Waals surface area contributed by atoms with Gasteiger partial charge in [0.25, 0.3) is 5.91 Å². The summed E-state index contributed by atoms with van der Waals surface area (Å²) in [5, 5.41) is 10.3. The molecule has 2 aromatic heterocycles. The lowest BCUT2D eigenvalue weighted by Crippen LogP contribution is -2.27. The molecule has 2 amide bonds. The monoisotopic (exact) mass is 473 g/mol. The number of hydrogen-bond donors (Lipinski definition) is 2. The first-order valence-electron chi connectivity index (χ1n) is 11.5. The average Bonchev–Trinajstić information content (AvgIpc) is 3.20. The van der Waals surface area contributed by atoms with E-state index in [1.54, 1.807) is 12.1 Å². The third-order valence-corrected chi connectivity index (χ3v) is 6.04. The topological polar surface area (TPSA) is 88.4 Å². The number of rotatable bonds is 7. The number of hydrogen-bond acceptors (Lipinski definition) is 4. The zero-order chi connectivity index (χ0) is 25.1. The molecule has 1 unspecified atom stereocenters. The Bertz CT molecular complexity index is 1380. The van der Waals surface area contributed by atoms with Crippen LogP contribution in [0.3, 0.4) is 0 Å². The number of carbonyl (C=O) groups excluding carboxylic acids is 2. The molecule has 0 bridgehead atoms. The molecule has 0 radical (unpaired) electrons. The molecule has 0 saturated carbocycles. The van der Waals surface area contributed by atoms with Gasteiger partial charge >= 0.3 is 0 Å². The fraction of sp³-hybridized carbons (Fsp3) is 0.259. The van der Waals surface area contributed by atoms with E-state index in [2.05, 4.69) is 20.7 Å². The molecule has 0 fully saturated rings. The second-order valence-electron chi connectivity index (χ2n) is 8.69. The Balaban J connectivity index is 1.33. The molecular formula is C27H28FN5O2. The first-order valence-corrected chi connectivity index (χ1v) is 11.5. The van der Waals surface area contributed by atoms with Gasteiger partial charge in [-0.3, -0.25) is 9.59 Å². The quantitative estimate of drug-likeness (QED) is 0.401. The van der Waals surface area contributed by atoms with E-state index in [4.69, 9.17) is 0 Å². The van der Waals surface area contributed by atoms with Gasteiger partial charge in [-0.1, -0.05) is 12.1 Å². The number of fused-ring (bicyclic) bond motifs is 1. The predicted molar refractivity (Wildman–Crippen MR) is 133 cm³/mol. The van der Waals surface area contributed by atoms with Crippen LogP contribution in [0.15, 0.2) is 54.6 Å². The van der Waals surface area contributed by atoms with Crippen molar-refractivity contribution < 1.29 is 14.0 Å². The Hall–Kier alpha value is -4.07. The number of nitrogens with zero attached hydrogens (tertiary/aromatic N) is 3. The molecule has 2 heterocycles. The standard InChI is InChI=1S/C27H28FN5O2/c1-16-15-25-29-18(3)24(19(4)33(25)32-16)13-14-26(34)30-17(2)20-7-11-23(12-8-20)31-27(35)21-5-9-22(28)10-6-21/h5-12,15,17H,13-14H2,1-4H3,(H,30,34)(H,31,35). The molecular weight excluding hydrogens is 445 g/mol. The summed E-state index contributed by atoms with van der Waals surface area (Å²) in [6, 6.07) is 14.4. The van der Waals surface area contributed by atoms with Crippen molar-refractivity contribution in [1.29, 1.82) is 0 Å². The van der Waals surface area contributed by atoms with Crippen LogP contribution in [0.4, 0.5) is 10.1 Å². The predicted octanol–water partition coefficient (Wildman–Crippen LogP) is 4.86. The van der Waals surface area contributed by atoms with E-state index in [0.717, 1.165) is 33.9 Å². The molecule has 0 aliphatic rings. The van der Waals surface area contributed by atoms with Crippen LogP contribution in [-0.4, -0.2) is 26.4 Å². The van der Waals surface area contributed by atoms with Gasteiger partial charge < -0.3 is 10.6 Å². The largest absolute Gasteiger partial charge is 0.350 e. The van der Waals surface area contributed by atoms with Gasteiger partial charge in [0.2, 0.25) is 5.91 Å². The maximum absolute atomic E-state index is 13.0. The van der Waals surface area contributed by atoms with Gasteiger partial charge in [0.05, 0.1) is 11.7 Å². The zero-order valence-corrected chi connectivity index (χ0v) is 20.2. The summed E-state index contributed by atoms with van der Waals surface area (Å²) in [6.07, 6.45) is 0.914. The first-order chi connectivity index (χ1) is 16.7. The highest BCUT2D eigenvalue weighted by Crippen LogP contribution is 2.19. The van der Waals surface area contributed by atoms with Crippen molar-refractivity contribution in [1.82, 2.24) is 19.9 Å². The van der Waals surface area contributed by atoms with Gasteiger partial charge in [0.1, 0.15) is 5.82 Å². The third kappa shape index (κ3) is 5.54. The van der Waals surface area contributed by atoms with Crippen LogP contribution in [0.1, 0.15) is 58.0 Å². The Morgan fingerprint density at radius 2 is 1.71 bits per heavy atom. The molecule has 2 N–H and O–H groups in total. The summed E-state index contributed by atoms with van der Waals surface area (Å²) in [7, 11) is 0. The van der Waals surface area contributed by atoms with Crippen LogP contribution in [-0.2, 0) is 11.2 Å². The lowest BCUT2D eigenvalue weighted by Gasteiger charge is -2.16. The summed E-state index contributed by atoms with van der Waals surface area (Å²) in [5.41, 5.74) is 6.57. The van der Waals surface area contributed by atoms with E-state index >= 15 is 0 Å². The van der Waals surface area contributed by atoms with E-state index in [9.17, 15) is 14.0 Å². The average molecular weight is 474 g/mol. The van der Waals surface area contributed by atoms with Crippen molar-refractivity contribution in [2.75, 3.05) is 5.32 Å². The number of benzene rings is 2. The Morgan fingerprint density at radius 1 is 1.03 bits per heavy atom. The van der Waals surface area contributed by atoms with Crippen LogP contribution < -0.4 is 10.6 Å². The number of carbonyl (C=O) groups is 2. The lowest BCUT2D eigenvalue weighted by molar-refractivity contribution is -0.121. The van der Waals surface area contributed by atoms with E-state index in [-0.39, 0.29) is 17.9 Å². The zero-order valence-electron chi connectivity index (χ0n) is 20.2. The van der Waals surface area contributed by atoms with Gasteiger partial charge in [-0.2, -0.15) is 5.10 Å². The lowest BCUT2D eigenvalue weighted by atomic mass is 10.0. The molecule has 4 rings (SSSR count). The van der Waals surface area contributed by atoms with Crippen LogP contribution in [0.2, 0.25) is 0 Å². The number of aryl methyl sites for hydroxylation is 3. The van der Waals surface area contributed by atoms with Crippen LogP contribution in [0.5, 0.6) is 0 Å². The molecule has 7 nitrogen and oxygen atoms in total. The van der Waals surface area contributed by atoms with Crippen molar-refractivity contribution in [3.05, 3.63) is 94.2 Å². The van der Waals surface area contributed by atoms with Crippen molar-refractivity contribution in [2.45, 2.75) is 46.6 Å². The number of nitrogens with one attached hydrogen (secondary N) is 2. The van der Waals surface area contributed by atoms with E-state index in [1.807, 2.05) is 50.4 Å². The van der Waals surface area contributed by atoms with Gasteiger partial charge in [0.15, 0.2) is 5.65 Å². The third-order valence-electron chi connectivity index (χ3n) is 6.04. The SMILES string of the molecule is Cc1cc2nc(C)c(CCC(=O)NC(C)c3ccc(NC(=O)c4ccc(F)cc4)cc3)c(C)n2n1. The van der Waals surface area contributed by atoms with Crippen molar-refractivity contribution in [2.24, 2.45) is 0 Å². The number of halogens is 1. The minimum absolute atomic E-state index is 0.0540. The van der Waals surface area contributed by atoms with Crippen LogP contribution >= 0.6 is 0 Å². The van der Waals surface area contributed by atoms with Gasteiger partial charge in [0, 0.05) is 35.1 Å². The van der Waals surface area contributed by atoms with Crippen LogP contribution in [0, 0.1) is 26.6 Å². The molecule has 0 aliphatic carbocycles. The highest BCUT2D eigenvalue weighted by Gasteiger charge is 2.15. The first kappa shape index (κ1) is 24.1. The molecule has 1 atom stereocenters. The highest BCUT2D eigenvalue weighted by atomic mass is 19.1. The van der Waals surface area contributed by atoms with Crippen LogP contribution in [0.25, 0.3) is 5.65 Å². The van der Waals surface area contributed by atoms with Crippen molar-refractivity contribution in [3.8, 4) is 0 Å². The molecule has 4 aromatic rings. The molecule has 8 heteroatoms. The van der Waals surface area contributed by atoms with Gasteiger partial charge in [-0.25, -0.2) is 13.9 Å². The second-order valence-corrected chi connectivity index (χ2v) is 8.69. The fourth-order valence-corrected chi connectivity index (χ4v) is 4.10. The maximum Gasteiger partial charge on any atom is 0.255 e. The van der Waals surface area contributed by atoms with E-state index in [1.165, 1.54) is 24.3 Å².